The Morgan fingerprint density at radius 1 is 1.13 bits per heavy atom. The molecule has 2 aromatic carbocycles. The molecule has 1 amide bonds. The SMILES string of the molecule is COc1ccc(NCC(=O)Nc2ccc(C(C)C)cc2)cc1Cl. The number of methoxy groups -OCH3 is 1. The van der Waals surface area contributed by atoms with Gasteiger partial charge in [0.15, 0.2) is 0 Å². The molecule has 0 saturated heterocycles. The molecular weight excluding hydrogens is 312 g/mol. The molecule has 0 saturated carbocycles. The summed E-state index contributed by atoms with van der Waals surface area (Å²) in [5.74, 6) is 0.961. The first-order chi connectivity index (χ1) is 11.0. The minimum atomic E-state index is -0.116. The lowest BCUT2D eigenvalue weighted by Gasteiger charge is -2.10. The third-order valence-electron chi connectivity index (χ3n) is 3.47. The Morgan fingerprint density at radius 2 is 1.78 bits per heavy atom. The second-order valence-electron chi connectivity index (χ2n) is 5.53. The van der Waals surface area contributed by atoms with Crippen LogP contribution in [-0.2, 0) is 4.79 Å². The van der Waals surface area contributed by atoms with Gasteiger partial charge in [0.2, 0.25) is 5.91 Å². The summed E-state index contributed by atoms with van der Waals surface area (Å²) in [5, 5.41) is 6.39. The van der Waals surface area contributed by atoms with Gasteiger partial charge in [-0.3, -0.25) is 4.79 Å². The third kappa shape index (κ3) is 4.89. The van der Waals surface area contributed by atoms with Crippen LogP contribution in [0, 0.1) is 0 Å². The van der Waals surface area contributed by atoms with Gasteiger partial charge in [-0.25, -0.2) is 0 Å². The van der Waals surface area contributed by atoms with E-state index in [1.165, 1.54) is 5.56 Å². The molecule has 2 aromatic rings. The summed E-state index contributed by atoms with van der Waals surface area (Å²) in [6.07, 6.45) is 0. The Kier molecular flexibility index (Phi) is 5.88. The fourth-order valence-electron chi connectivity index (χ4n) is 2.12. The number of benzene rings is 2. The number of halogens is 1. The van der Waals surface area contributed by atoms with Gasteiger partial charge in [-0.05, 0) is 41.8 Å². The monoisotopic (exact) mass is 332 g/mol. The van der Waals surface area contributed by atoms with E-state index in [0.29, 0.717) is 16.7 Å². The van der Waals surface area contributed by atoms with E-state index in [4.69, 9.17) is 16.3 Å². The quantitative estimate of drug-likeness (QED) is 0.817. The summed E-state index contributed by atoms with van der Waals surface area (Å²) in [4.78, 5) is 12.0. The van der Waals surface area contributed by atoms with E-state index < -0.39 is 0 Å². The van der Waals surface area contributed by atoms with E-state index in [2.05, 4.69) is 24.5 Å². The summed E-state index contributed by atoms with van der Waals surface area (Å²) in [6, 6.07) is 13.2. The highest BCUT2D eigenvalue weighted by atomic mass is 35.5. The molecule has 0 aliphatic rings. The van der Waals surface area contributed by atoms with Crippen LogP contribution in [0.2, 0.25) is 5.02 Å². The molecule has 0 spiro atoms. The second-order valence-corrected chi connectivity index (χ2v) is 5.93. The molecule has 0 fully saturated rings. The molecule has 2 rings (SSSR count). The Morgan fingerprint density at radius 3 is 2.35 bits per heavy atom. The number of anilines is 2. The molecule has 4 nitrogen and oxygen atoms in total. The predicted octanol–water partition coefficient (Wildman–Crippen LogP) is 4.52. The highest BCUT2D eigenvalue weighted by Gasteiger charge is 2.05. The maximum Gasteiger partial charge on any atom is 0.243 e. The first kappa shape index (κ1) is 17.2. The molecule has 0 bridgehead atoms. The number of nitrogens with one attached hydrogen (secondary N) is 2. The van der Waals surface area contributed by atoms with Gasteiger partial charge in [-0.2, -0.15) is 0 Å². The summed E-state index contributed by atoms with van der Waals surface area (Å²) in [6.45, 7) is 4.43. The Bertz CT molecular complexity index is 669. The number of hydrogen-bond donors (Lipinski definition) is 2. The molecule has 0 aliphatic carbocycles. The van der Waals surface area contributed by atoms with Crippen LogP contribution in [0.3, 0.4) is 0 Å². The largest absolute Gasteiger partial charge is 0.495 e. The van der Waals surface area contributed by atoms with Crippen molar-refractivity contribution < 1.29 is 9.53 Å². The molecule has 0 radical (unpaired) electrons. The average Bonchev–Trinajstić information content (AvgIpc) is 2.53. The summed E-state index contributed by atoms with van der Waals surface area (Å²) >= 11 is 6.05. The summed E-state index contributed by atoms with van der Waals surface area (Å²) < 4.78 is 5.09. The first-order valence-corrected chi connectivity index (χ1v) is 7.84. The normalized spacial score (nSPS) is 10.5. The van der Waals surface area contributed by atoms with Crippen molar-refractivity contribution in [2.45, 2.75) is 19.8 Å². The number of rotatable bonds is 6. The first-order valence-electron chi connectivity index (χ1n) is 7.47. The van der Waals surface area contributed by atoms with Crippen molar-refractivity contribution >= 4 is 28.9 Å². The van der Waals surface area contributed by atoms with Gasteiger partial charge in [-0.15, -0.1) is 0 Å². The van der Waals surface area contributed by atoms with Crippen LogP contribution in [-0.4, -0.2) is 19.6 Å². The molecule has 0 unspecified atom stereocenters. The van der Waals surface area contributed by atoms with Gasteiger partial charge in [0.05, 0.1) is 18.7 Å². The molecule has 0 atom stereocenters. The molecule has 0 aromatic heterocycles. The van der Waals surface area contributed by atoms with Crippen molar-refractivity contribution in [1.29, 1.82) is 0 Å². The average molecular weight is 333 g/mol. The van der Waals surface area contributed by atoms with Gasteiger partial charge < -0.3 is 15.4 Å². The van der Waals surface area contributed by atoms with Gasteiger partial charge in [0.1, 0.15) is 5.75 Å². The van der Waals surface area contributed by atoms with Crippen LogP contribution in [0.1, 0.15) is 25.3 Å². The predicted molar refractivity (Wildman–Crippen MR) is 95.7 cm³/mol. The fraction of sp³-hybridized carbons (Fsp3) is 0.278. The van der Waals surface area contributed by atoms with Crippen molar-refractivity contribution in [3.63, 3.8) is 0 Å². The zero-order chi connectivity index (χ0) is 16.8. The second kappa shape index (κ2) is 7.88. The maximum atomic E-state index is 12.0. The van der Waals surface area contributed by atoms with E-state index in [1.54, 1.807) is 19.2 Å². The fourth-order valence-corrected chi connectivity index (χ4v) is 2.37. The van der Waals surface area contributed by atoms with Crippen molar-refractivity contribution in [2.75, 3.05) is 24.3 Å². The molecule has 2 N–H and O–H groups in total. The van der Waals surface area contributed by atoms with E-state index in [0.717, 1.165) is 11.4 Å². The van der Waals surface area contributed by atoms with Crippen LogP contribution in [0.15, 0.2) is 42.5 Å². The molecule has 0 aliphatic heterocycles. The Labute approximate surface area is 141 Å². The smallest absolute Gasteiger partial charge is 0.243 e. The van der Waals surface area contributed by atoms with Crippen LogP contribution in [0.4, 0.5) is 11.4 Å². The number of ether oxygens (including phenoxy) is 1. The molecule has 0 heterocycles. The maximum absolute atomic E-state index is 12.0. The minimum absolute atomic E-state index is 0.116. The minimum Gasteiger partial charge on any atom is -0.495 e. The summed E-state index contributed by atoms with van der Waals surface area (Å²) in [7, 11) is 1.56. The third-order valence-corrected chi connectivity index (χ3v) is 3.76. The van der Waals surface area contributed by atoms with Gasteiger partial charge in [0.25, 0.3) is 0 Å². The van der Waals surface area contributed by atoms with Gasteiger partial charge in [0, 0.05) is 11.4 Å². The van der Waals surface area contributed by atoms with Crippen molar-refractivity contribution in [1.82, 2.24) is 0 Å². The van der Waals surface area contributed by atoms with Crippen molar-refractivity contribution in [3.05, 3.63) is 53.1 Å². The highest BCUT2D eigenvalue weighted by molar-refractivity contribution is 6.32. The molecule has 122 valence electrons. The van der Waals surface area contributed by atoms with Crippen LogP contribution in [0.5, 0.6) is 5.75 Å². The van der Waals surface area contributed by atoms with Crippen LogP contribution >= 0.6 is 11.6 Å². The van der Waals surface area contributed by atoms with E-state index in [-0.39, 0.29) is 12.5 Å². The number of carbonyl (C=O) groups is 1. The molecule has 23 heavy (non-hydrogen) atoms. The number of amides is 1. The highest BCUT2D eigenvalue weighted by Crippen LogP contribution is 2.27. The summed E-state index contributed by atoms with van der Waals surface area (Å²) in [5.41, 5.74) is 2.80. The lowest BCUT2D eigenvalue weighted by atomic mass is 10.0. The molecule has 5 heteroatoms. The van der Waals surface area contributed by atoms with Gasteiger partial charge in [-0.1, -0.05) is 37.6 Å². The Hall–Kier alpha value is -2.20. The van der Waals surface area contributed by atoms with E-state index in [1.807, 2.05) is 30.3 Å². The topological polar surface area (TPSA) is 50.4 Å². The number of hydrogen-bond acceptors (Lipinski definition) is 3. The van der Waals surface area contributed by atoms with E-state index >= 15 is 0 Å². The lowest BCUT2D eigenvalue weighted by molar-refractivity contribution is -0.114. The van der Waals surface area contributed by atoms with Gasteiger partial charge >= 0.3 is 0 Å². The lowest BCUT2D eigenvalue weighted by Crippen LogP contribution is -2.21. The van der Waals surface area contributed by atoms with E-state index in [9.17, 15) is 4.79 Å². The van der Waals surface area contributed by atoms with Crippen molar-refractivity contribution in [2.24, 2.45) is 0 Å². The zero-order valence-corrected chi connectivity index (χ0v) is 14.3. The Balaban J connectivity index is 1.88. The van der Waals surface area contributed by atoms with Crippen LogP contribution < -0.4 is 15.4 Å². The van der Waals surface area contributed by atoms with Crippen molar-refractivity contribution in [3.8, 4) is 5.75 Å². The van der Waals surface area contributed by atoms with Crippen LogP contribution in [0.25, 0.3) is 0 Å². The number of carbonyl (C=O) groups excluding carboxylic acids is 1. The zero-order valence-electron chi connectivity index (χ0n) is 13.5. The standard InChI is InChI=1S/C18H21ClN2O2/c1-12(2)13-4-6-14(7-5-13)21-18(22)11-20-15-8-9-17(23-3)16(19)10-15/h4-10,12,20H,11H2,1-3H3,(H,21,22). The molecular formula is C18H21ClN2O2.